The maximum Gasteiger partial charge on any atom is 0.242 e. The Kier molecular flexibility index (Phi) is 7.47. The lowest BCUT2D eigenvalue weighted by molar-refractivity contribution is 0.172. The smallest absolute Gasteiger partial charge is 0.242 e. The van der Waals surface area contributed by atoms with Crippen LogP contribution in [0.3, 0.4) is 0 Å². The predicted octanol–water partition coefficient (Wildman–Crippen LogP) is 1.83. The van der Waals surface area contributed by atoms with E-state index in [1.54, 1.807) is 19.2 Å². The van der Waals surface area contributed by atoms with E-state index < -0.39 is 10.0 Å². The van der Waals surface area contributed by atoms with Crippen molar-refractivity contribution in [2.45, 2.75) is 18.0 Å². The van der Waals surface area contributed by atoms with Crippen molar-refractivity contribution in [3.8, 4) is 0 Å². The van der Waals surface area contributed by atoms with E-state index in [9.17, 15) is 8.42 Å². The molecule has 0 bridgehead atoms. The lowest BCUT2D eigenvalue weighted by Crippen LogP contribution is -2.52. The van der Waals surface area contributed by atoms with Gasteiger partial charge < -0.3 is 10.2 Å². The largest absolute Gasteiger partial charge is 0.352 e. The Balaban J connectivity index is 1.51. The highest BCUT2D eigenvalue weighted by atomic mass is 32.2. The highest BCUT2D eigenvalue weighted by molar-refractivity contribution is 7.89. The zero-order chi connectivity index (χ0) is 21.6. The van der Waals surface area contributed by atoms with Gasteiger partial charge >= 0.3 is 0 Å². The zero-order valence-electron chi connectivity index (χ0n) is 18.0. The number of sulfonamides is 1. The van der Waals surface area contributed by atoms with Crippen LogP contribution in [0.2, 0.25) is 0 Å². The highest BCUT2D eigenvalue weighted by Crippen LogP contribution is 2.14. The molecule has 1 fully saturated rings. The van der Waals surface area contributed by atoms with E-state index in [1.165, 1.54) is 24.0 Å². The second-order valence-corrected chi connectivity index (χ2v) is 9.73. The fourth-order valence-electron chi connectivity index (χ4n) is 3.46. The second kappa shape index (κ2) is 10.1. The first kappa shape index (κ1) is 22.3. The SMILES string of the molecule is CN=C(NCc1ccc(S(=O)(=O)N(C)C)cc1)N1CCN(Cc2ccccc2)CC1. The number of benzene rings is 2. The van der Waals surface area contributed by atoms with Gasteiger partial charge in [0.15, 0.2) is 5.96 Å². The summed E-state index contributed by atoms with van der Waals surface area (Å²) in [5.74, 6) is 0.874. The molecule has 0 saturated carbocycles. The Morgan fingerprint density at radius 1 is 0.967 bits per heavy atom. The monoisotopic (exact) mass is 429 g/mol. The van der Waals surface area contributed by atoms with Crippen molar-refractivity contribution in [2.75, 3.05) is 47.3 Å². The van der Waals surface area contributed by atoms with Crippen molar-refractivity contribution >= 4 is 16.0 Å². The average Bonchev–Trinajstić information content (AvgIpc) is 2.76. The third-order valence-corrected chi connectivity index (χ3v) is 7.11. The number of rotatable bonds is 6. The van der Waals surface area contributed by atoms with E-state index in [2.05, 4.69) is 44.4 Å². The molecule has 30 heavy (non-hydrogen) atoms. The maximum atomic E-state index is 12.2. The topological polar surface area (TPSA) is 68.2 Å². The summed E-state index contributed by atoms with van der Waals surface area (Å²) in [7, 11) is 1.47. The van der Waals surface area contributed by atoms with Gasteiger partial charge in [-0.15, -0.1) is 0 Å². The Bertz CT molecular complexity index is 935. The molecule has 7 nitrogen and oxygen atoms in total. The fourth-order valence-corrected chi connectivity index (χ4v) is 4.36. The van der Waals surface area contributed by atoms with Gasteiger partial charge in [-0.05, 0) is 23.3 Å². The van der Waals surface area contributed by atoms with E-state index in [-0.39, 0.29) is 0 Å². The summed E-state index contributed by atoms with van der Waals surface area (Å²) in [5, 5.41) is 3.40. The summed E-state index contributed by atoms with van der Waals surface area (Å²) < 4.78 is 25.6. The van der Waals surface area contributed by atoms with Gasteiger partial charge in [-0.2, -0.15) is 0 Å². The van der Waals surface area contributed by atoms with Crippen molar-refractivity contribution in [1.29, 1.82) is 0 Å². The van der Waals surface area contributed by atoms with E-state index in [4.69, 9.17) is 0 Å². The van der Waals surface area contributed by atoms with E-state index in [1.807, 2.05) is 18.2 Å². The van der Waals surface area contributed by atoms with Gasteiger partial charge in [0.1, 0.15) is 0 Å². The molecule has 0 atom stereocenters. The highest BCUT2D eigenvalue weighted by Gasteiger charge is 2.20. The molecule has 0 unspecified atom stereocenters. The number of aliphatic imine (C=N–C) groups is 1. The standard InChI is InChI=1S/C22H31N5O2S/c1-23-22(24-17-19-9-11-21(12-10-19)30(28,29)25(2)3)27-15-13-26(14-16-27)18-20-7-5-4-6-8-20/h4-12H,13-18H2,1-3H3,(H,23,24). The predicted molar refractivity (Wildman–Crippen MR) is 121 cm³/mol. The minimum Gasteiger partial charge on any atom is -0.352 e. The first-order valence-electron chi connectivity index (χ1n) is 10.1. The summed E-state index contributed by atoms with van der Waals surface area (Å²) in [6, 6.07) is 17.5. The van der Waals surface area contributed by atoms with Crippen LogP contribution in [0.25, 0.3) is 0 Å². The van der Waals surface area contributed by atoms with E-state index in [0.29, 0.717) is 11.4 Å². The van der Waals surface area contributed by atoms with Crippen molar-refractivity contribution in [3.63, 3.8) is 0 Å². The molecule has 0 aromatic heterocycles. The Hall–Kier alpha value is -2.42. The molecule has 1 aliphatic rings. The molecule has 0 amide bonds. The quantitative estimate of drug-likeness (QED) is 0.561. The molecule has 1 N–H and O–H groups in total. The number of piperazine rings is 1. The van der Waals surface area contributed by atoms with E-state index >= 15 is 0 Å². The average molecular weight is 430 g/mol. The van der Waals surface area contributed by atoms with Crippen LogP contribution >= 0.6 is 0 Å². The number of guanidine groups is 1. The van der Waals surface area contributed by atoms with Gasteiger partial charge in [0.2, 0.25) is 10.0 Å². The van der Waals surface area contributed by atoms with Crippen LogP contribution in [0.15, 0.2) is 64.5 Å². The lowest BCUT2D eigenvalue weighted by Gasteiger charge is -2.36. The summed E-state index contributed by atoms with van der Waals surface area (Å²) in [6.07, 6.45) is 0. The lowest BCUT2D eigenvalue weighted by atomic mass is 10.2. The van der Waals surface area contributed by atoms with Gasteiger partial charge in [-0.3, -0.25) is 9.89 Å². The van der Waals surface area contributed by atoms with Crippen molar-refractivity contribution < 1.29 is 8.42 Å². The van der Waals surface area contributed by atoms with Gasteiger partial charge in [-0.1, -0.05) is 42.5 Å². The molecule has 162 valence electrons. The van der Waals surface area contributed by atoms with Crippen LogP contribution in [0, 0.1) is 0 Å². The number of hydrogen-bond acceptors (Lipinski definition) is 4. The van der Waals surface area contributed by atoms with Crippen LogP contribution in [0.5, 0.6) is 0 Å². The van der Waals surface area contributed by atoms with Gasteiger partial charge in [0.05, 0.1) is 4.90 Å². The molecule has 1 aliphatic heterocycles. The third-order valence-electron chi connectivity index (χ3n) is 5.29. The van der Waals surface area contributed by atoms with Crippen molar-refractivity contribution in [3.05, 3.63) is 65.7 Å². The molecule has 0 aliphatic carbocycles. The molecule has 1 heterocycles. The van der Waals surface area contributed by atoms with Crippen molar-refractivity contribution in [1.82, 2.24) is 19.4 Å². The molecule has 2 aromatic rings. The van der Waals surface area contributed by atoms with Crippen LogP contribution < -0.4 is 5.32 Å². The first-order valence-corrected chi connectivity index (χ1v) is 11.6. The second-order valence-electron chi connectivity index (χ2n) is 7.58. The molecule has 2 aromatic carbocycles. The first-order chi connectivity index (χ1) is 14.4. The molecular weight excluding hydrogens is 398 g/mol. The number of nitrogens with zero attached hydrogens (tertiary/aromatic N) is 4. The number of nitrogens with one attached hydrogen (secondary N) is 1. The third kappa shape index (κ3) is 5.59. The van der Waals surface area contributed by atoms with Crippen LogP contribution in [-0.2, 0) is 23.1 Å². The normalized spacial score (nSPS) is 16.1. The van der Waals surface area contributed by atoms with Crippen LogP contribution in [0.1, 0.15) is 11.1 Å². The number of hydrogen-bond donors (Lipinski definition) is 1. The van der Waals surface area contributed by atoms with Crippen molar-refractivity contribution in [2.24, 2.45) is 4.99 Å². The molecule has 8 heteroatoms. The maximum absolute atomic E-state index is 12.2. The van der Waals surface area contributed by atoms with E-state index in [0.717, 1.165) is 44.2 Å². The summed E-state index contributed by atoms with van der Waals surface area (Å²) >= 11 is 0. The molecular formula is C22H31N5O2S. The van der Waals surface area contributed by atoms with Gasteiger partial charge in [0, 0.05) is 60.4 Å². The van der Waals surface area contributed by atoms with Gasteiger partial charge in [-0.25, -0.2) is 12.7 Å². The van der Waals surface area contributed by atoms with Crippen LogP contribution in [-0.4, -0.2) is 75.8 Å². The molecule has 0 radical (unpaired) electrons. The summed E-state index contributed by atoms with van der Waals surface area (Å²) in [5.41, 5.74) is 2.35. The summed E-state index contributed by atoms with van der Waals surface area (Å²) in [6.45, 7) is 5.40. The minimum atomic E-state index is -3.40. The van der Waals surface area contributed by atoms with Gasteiger partial charge in [0.25, 0.3) is 0 Å². The molecule has 1 saturated heterocycles. The molecule has 0 spiro atoms. The zero-order valence-corrected chi connectivity index (χ0v) is 18.8. The fraction of sp³-hybridized carbons (Fsp3) is 0.409. The molecule has 3 rings (SSSR count). The Labute approximate surface area is 180 Å². The Morgan fingerprint density at radius 2 is 1.60 bits per heavy atom. The minimum absolute atomic E-state index is 0.301. The summed E-state index contributed by atoms with van der Waals surface area (Å²) in [4.78, 5) is 9.46. The Morgan fingerprint density at radius 3 is 2.17 bits per heavy atom. The van der Waals surface area contributed by atoms with Crippen LogP contribution in [0.4, 0.5) is 0 Å².